The molecule has 0 radical (unpaired) electrons. The fourth-order valence-electron chi connectivity index (χ4n) is 2.75. The molecule has 0 bridgehead atoms. The summed E-state index contributed by atoms with van der Waals surface area (Å²) in [5, 5.41) is 17.1. The zero-order valence-electron chi connectivity index (χ0n) is 17.4. The Bertz CT molecular complexity index is 710. The minimum Gasteiger partial charge on any atom is -0.385 e. The molecule has 4 N–H and O–H groups in total. The molecule has 2 atom stereocenters. The van der Waals surface area contributed by atoms with Crippen LogP contribution in [0.1, 0.15) is 69.8 Å². The highest BCUT2D eigenvalue weighted by atomic mass is 16.1. The van der Waals surface area contributed by atoms with E-state index in [4.69, 9.17) is 5.41 Å². The summed E-state index contributed by atoms with van der Waals surface area (Å²) in [6.45, 7) is 13.7. The van der Waals surface area contributed by atoms with Crippen LogP contribution in [0.15, 0.2) is 36.2 Å². The van der Waals surface area contributed by atoms with Gasteiger partial charge in [-0.25, -0.2) is 0 Å². The van der Waals surface area contributed by atoms with Gasteiger partial charge in [-0.1, -0.05) is 32.9 Å². The Labute approximate surface area is 163 Å². The molecule has 1 aliphatic rings. The van der Waals surface area contributed by atoms with Crippen molar-refractivity contribution in [3.05, 3.63) is 47.3 Å². The molecule has 0 saturated heterocycles. The first kappa shape index (κ1) is 21.2. The maximum atomic E-state index is 12.6. The second-order valence-electron chi connectivity index (χ2n) is 9.61. The molecule has 2 rings (SSSR count). The van der Waals surface area contributed by atoms with Crippen LogP contribution in [0.4, 0.5) is 0 Å². The summed E-state index contributed by atoms with van der Waals surface area (Å²) < 4.78 is 0. The van der Waals surface area contributed by atoms with Gasteiger partial charge in [0.1, 0.15) is 0 Å². The minimum atomic E-state index is -0.192. The molecule has 2 unspecified atom stereocenters. The number of carbonyl (C=O) groups excluding carboxylic acids is 1. The quantitative estimate of drug-likeness (QED) is 0.552. The Kier molecular flexibility index (Phi) is 6.47. The summed E-state index contributed by atoms with van der Waals surface area (Å²) in [4.78, 5) is 12.6. The van der Waals surface area contributed by atoms with E-state index in [0.29, 0.717) is 23.2 Å². The molecule has 148 valence electrons. The van der Waals surface area contributed by atoms with Crippen LogP contribution in [-0.4, -0.2) is 30.2 Å². The zero-order chi connectivity index (χ0) is 20.2. The van der Waals surface area contributed by atoms with Crippen molar-refractivity contribution < 1.29 is 4.79 Å². The maximum Gasteiger partial charge on any atom is 0.255 e. The van der Waals surface area contributed by atoms with Crippen molar-refractivity contribution in [1.29, 1.82) is 5.41 Å². The summed E-state index contributed by atoms with van der Waals surface area (Å²) in [7, 11) is 0. The molecular formula is C22H34N4O. The molecule has 5 heteroatoms. The fraction of sp³-hybridized carbons (Fsp3) is 0.545. The number of allylic oxidation sites excluding steroid dienone is 1. The van der Waals surface area contributed by atoms with Crippen molar-refractivity contribution in [3.63, 3.8) is 0 Å². The third kappa shape index (κ3) is 7.18. The van der Waals surface area contributed by atoms with Crippen LogP contribution < -0.4 is 16.0 Å². The molecule has 1 aromatic rings. The molecule has 0 heterocycles. The normalized spacial score (nSPS) is 20.1. The van der Waals surface area contributed by atoms with Crippen LogP contribution in [0.3, 0.4) is 0 Å². The van der Waals surface area contributed by atoms with E-state index in [2.05, 4.69) is 42.8 Å². The van der Waals surface area contributed by atoms with Gasteiger partial charge in [-0.15, -0.1) is 0 Å². The number of nitrogens with one attached hydrogen (secondary N) is 4. The van der Waals surface area contributed by atoms with Gasteiger partial charge >= 0.3 is 0 Å². The highest BCUT2D eigenvalue weighted by Gasteiger charge is 2.38. The Morgan fingerprint density at radius 1 is 1.22 bits per heavy atom. The predicted molar refractivity (Wildman–Crippen MR) is 112 cm³/mol. The summed E-state index contributed by atoms with van der Waals surface area (Å²) in [5.74, 6) is 0.280. The second-order valence-corrected chi connectivity index (χ2v) is 9.61. The largest absolute Gasteiger partial charge is 0.385 e. The van der Waals surface area contributed by atoms with Crippen molar-refractivity contribution in [3.8, 4) is 0 Å². The van der Waals surface area contributed by atoms with Gasteiger partial charge in [-0.05, 0) is 50.3 Å². The Morgan fingerprint density at radius 3 is 2.52 bits per heavy atom. The summed E-state index contributed by atoms with van der Waals surface area (Å²) >= 11 is 0. The first-order valence-corrected chi connectivity index (χ1v) is 9.61. The lowest BCUT2D eigenvalue weighted by atomic mass is 9.97. The molecule has 1 saturated carbocycles. The number of hydrogen-bond donors (Lipinski definition) is 4. The van der Waals surface area contributed by atoms with Crippen LogP contribution in [0.5, 0.6) is 0 Å². The number of rotatable bonds is 7. The van der Waals surface area contributed by atoms with E-state index < -0.39 is 0 Å². The van der Waals surface area contributed by atoms with Gasteiger partial charge in [0.25, 0.3) is 5.91 Å². The number of amides is 1. The molecule has 27 heavy (non-hydrogen) atoms. The van der Waals surface area contributed by atoms with Gasteiger partial charge in [0.05, 0.1) is 5.70 Å². The molecular weight excluding hydrogens is 336 g/mol. The second kappa shape index (κ2) is 8.26. The van der Waals surface area contributed by atoms with Crippen LogP contribution in [0.25, 0.3) is 0 Å². The van der Waals surface area contributed by atoms with Crippen LogP contribution in [0, 0.1) is 10.8 Å². The first-order chi connectivity index (χ1) is 12.5. The van der Waals surface area contributed by atoms with Gasteiger partial charge in [0, 0.05) is 42.0 Å². The summed E-state index contributed by atoms with van der Waals surface area (Å²) in [6, 6.07) is 8.31. The van der Waals surface area contributed by atoms with Crippen LogP contribution in [-0.2, 0) is 0 Å². The lowest BCUT2D eigenvalue weighted by Gasteiger charge is -2.19. The lowest BCUT2D eigenvalue weighted by molar-refractivity contribution is 0.0967. The summed E-state index contributed by atoms with van der Waals surface area (Å²) in [5.41, 5.74) is 2.40. The topological polar surface area (TPSA) is 77.0 Å². The molecule has 1 fully saturated rings. The van der Waals surface area contributed by atoms with Crippen LogP contribution >= 0.6 is 0 Å². The van der Waals surface area contributed by atoms with E-state index in [-0.39, 0.29) is 16.9 Å². The standard InChI is InChI=1S/C22H34N4O/c1-21(2,3)14-24-19-11-18(19)15-8-7-9-16(10-15)20(27)26-17(12-23)13-25-22(4,5)6/h7-10,12-13,18-19,23-25H,11,14H2,1-6H3,(H,26,27)/b17-13+,23-12?. The Morgan fingerprint density at radius 2 is 1.93 bits per heavy atom. The lowest BCUT2D eigenvalue weighted by Crippen LogP contribution is -2.33. The van der Waals surface area contributed by atoms with E-state index in [1.165, 1.54) is 5.56 Å². The third-order valence-corrected chi connectivity index (χ3v) is 4.34. The van der Waals surface area contributed by atoms with Crippen LogP contribution in [0.2, 0.25) is 0 Å². The molecule has 0 aromatic heterocycles. The molecule has 0 spiro atoms. The Hall–Kier alpha value is -2.14. The van der Waals surface area contributed by atoms with Gasteiger partial charge in [-0.2, -0.15) is 0 Å². The minimum absolute atomic E-state index is 0.125. The van der Waals surface area contributed by atoms with Gasteiger partial charge in [-0.3, -0.25) is 4.79 Å². The highest BCUT2D eigenvalue weighted by molar-refractivity contribution is 5.98. The Balaban J connectivity index is 1.99. The molecule has 5 nitrogen and oxygen atoms in total. The zero-order valence-corrected chi connectivity index (χ0v) is 17.4. The van der Waals surface area contributed by atoms with Crippen molar-refractivity contribution >= 4 is 12.1 Å². The number of benzene rings is 1. The van der Waals surface area contributed by atoms with E-state index >= 15 is 0 Å². The molecule has 1 amide bonds. The number of carbonyl (C=O) groups is 1. The number of hydrogen-bond acceptors (Lipinski definition) is 4. The van der Waals surface area contributed by atoms with E-state index in [9.17, 15) is 4.79 Å². The van der Waals surface area contributed by atoms with E-state index in [1.807, 2.05) is 39.0 Å². The molecule has 1 aliphatic carbocycles. The van der Waals surface area contributed by atoms with Crippen molar-refractivity contribution in [2.24, 2.45) is 5.41 Å². The van der Waals surface area contributed by atoms with Gasteiger partial charge < -0.3 is 21.4 Å². The molecule has 0 aliphatic heterocycles. The molecule has 1 aromatic carbocycles. The fourth-order valence-corrected chi connectivity index (χ4v) is 2.75. The van der Waals surface area contributed by atoms with Crippen molar-refractivity contribution in [2.45, 2.75) is 65.5 Å². The smallest absolute Gasteiger partial charge is 0.255 e. The van der Waals surface area contributed by atoms with Gasteiger partial charge in [0.15, 0.2) is 0 Å². The average Bonchev–Trinajstić information content (AvgIpc) is 3.35. The predicted octanol–water partition coefficient (Wildman–Crippen LogP) is 3.79. The van der Waals surface area contributed by atoms with E-state index in [0.717, 1.165) is 19.2 Å². The SMILES string of the molecule is CC(C)(C)CNC1CC1c1cccc(C(=O)N/C(C=N)=C/NC(C)(C)C)c1. The first-order valence-electron chi connectivity index (χ1n) is 9.61. The third-order valence-electron chi connectivity index (χ3n) is 4.34. The average molecular weight is 371 g/mol. The maximum absolute atomic E-state index is 12.6. The highest BCUT2D eigenvalue weighted by Crippen LogP contribution is 2.41. The van der Waals surface area contributed by atoms with Crippen molar-refractivity contribution in [1.82, 2.24) is 16.0 Å². The van der Waals surface area contributed by atoms with Crippen molar-refractivity contribution in [2.75, 3.05) is 6.54 Å². The monoisotopic (exact) mass is 370 g/mol. The van der Waals surface area contributed by atoms with E-state index in [1.54, 1.807) is 6.20 Å². The summed E-state index contributed by atoms with van der Waals surface area (Å²) in [6.07, 6.45) is 3.93. The van der Waals surface area contributed by atoms with Gasteiger partial charge in [0.2, 0.25) is 0 Å².